The topological polar surface area (TPSA) is 46.0 Å². The number of alkyl halides is 3. The average Bonchev–Trinajstić information content (AvgIpc) is 2.95. The summed E-state index contributed by atoms with van der Waals surface area (Å²) in [6.45, 7) is 3.48. The number of allylic oxidation sites excluding steroid dienone is 1. The van der Waals surface area contributed by atoms with Crippen LogP contribution in [0.5, 0.6) is 0 Å². The summed E-state index contributed by atoms with van der Waals surface area (Å²) in [7, 11) is 0. The molecule has 134 valence electrons. The summed E-state index contributed by atoms with van der Waals surface area (Å²) < 4.78 is 40.0. The second-order valence-electron chi connectivity index (χ2n) is 7.57. The normalized spacial score (nSPS) is 34.6. The summed E-state index contributed by atoms with van der Waals surface area (Å²) in [6, 6.07) is 0.228. The highest BCUT2D eigenvalue weighted by molar-refractivity contribution is 5.39. The number of hydrogen-bond acceptors (Lipinski definition) is 4. The third-order valence-electron chi connectivity index (χ3n) is 6.22. The van der Waals surface area contributed by atoms with Crippen molar-refractivity contribution in [2.24, 2.45) is 11.3 Å². The van der Waals surface area contributed by atoms with Crippen LogP contribution >= 0.6 is 0 Å². The van der Waals surface area contributed by atoms with Crippen LogP contribution in [0.25, 0.3) is 0 Å². The van der Waals surface area contributed by atoms with Crippen molar-refractivity contribution in [1.29, 1.82) is 0 Å². The highest BCUT2D eigenvalue weighted by Gasteiger charge is 2.58. The van der Waals surface area contributed by atoms with E-state index in [9.17, 15) is 13.2 Å². The molecule has 3 atom stereocenters. The lowest BCUT2D eigenvalue weighted by atomic mass is 9.88. The van der Waals surface area contributed by atoms with Crippen LogP contribution in [-0.4, -0.2) is 45.3 Å². The molecule has 1 saturated carbocycles. The van der Waals surface area contributed by atoms with E-state index in [-0.39, 0.29) is 12.6 Å². The lowest BCUT2D eigenvalue weighted by Crippen LogP contribution is -2.41. The first-order valence-electron chi connectivity index (χ1n) is 8.80. The molecule has 3 heterocycles. The van der Waals surface area contributed by atoms with Crippen molar-refractivity contribution < 1.29 is 13.2 Å². The Kier molecular flexibility index (Phi) is 3.22. The molecule has 1 N–H and O–H groups in total. The van der Waals surface area contributed by atoms with Crippen LogP contribution in [0.1, 0.15) is 24.5 Å². The lowest BCUT2D eigenvalue weighted by molar-refractivity contribution is -0.148. The molecule has 5 rings (SSSR count). The molecule has 8 heteroatoms. The van der Waals surface area contributed by atoms with E-state index < -0.39 is 12.0 Å². The van der Waals surface area contributed by atoms with Crippen LogP contribution in [0.4, 0.5) is 13.2 Å². The molecule has 0 amide bonds. The molecule has 0 radical (unpaired) electrons. The van der Waals surface area contributed by atoms with Gasteiger partial charge in [0.25, 0.3) is 0 Å². The summed E-state index contributed by atoms with van der Waals surface area (Å²) in [4.78, 5) is 2.20. The van der Waals surface area contributed by atoms with Crippen LogP contribution in [0.3, 0.4) is 0 Å². The van der Waals surface area contributed by atoms with E-state index in [2.05, 4.69) is 38.6 Å². The van der Waals surface area contributed by atoms with E-state index in [4.69, 9.17) is 0 Å². The number of aromatic nitrogens is 3. The standard InChI is InChI=1S/C17H20F3N5/c18-17(19,20)15-23-22-14-9-24(5-6-25(14)15)13-3-1-11(2-4-13)16-7-12(16)8-21-10-16/h1-3,12-13,21H,4-10H2. The molecule has 0 bridgehead atoms. The van der Waals surface area contributed by atoms with Gasteiger partial charge in [0.05, 0.1) is 6.54 Å². The Morgan fingerprint density at radius 2 is 2.12 bits per heavy atom. The van der Waals surface area contributed by atoms with Crippen molar-refractivity contribution in [3.05, 3.63) is 35.4 Å². The second kappa shape index (κ2) is 5.17. The first-order valence-corrected chi connectivity index (χ1v) is 8.80. The molecular formula is C17H20F3N5. The molecule has 2 fully saturated rings. The van der Waals surface area contributed by atoms with Crippen LogP contribution in [0.15, 0.2) is 23.8 Å². The summed E-state index contributed by atoms with van der Waals surface area (Å²) in [5, 5.41) is 10.6. The maximum Gasteiger partial charge on any atom is 0.451 e. The Balaban J connectivity index is 1.28. The fraction of sp³-hybridized carbons (Fsp3) is 0.647. The monoisotopic (exact) mass is 351 g/mol. The summed E-state index contributed by atoms with van der Waals surface area (Å²) in [5.41, 5.74) is 1.81. The number of piperidine rings is 1. The molecule has 3 unspecified atom stereocenters. The Morgan fingerprint density at radius 1 is 1.24 bits per heavy atom. The molecule has 0 aromatic carbocycles. The summed E-state index contributed by atoms with van der Waals surface area (Å²) >= 11 is 0. The Hall–Kier alpha value is -1.67. The zero-order valence-corrected chi connectivity index (χ0v) is 13.8. The fourth-order valence-corrected chi connectivity index (χ4v) is 4.71. The van der Waals surface area contributed by atoms with Gasteiger partial charge in [-0.3, -0.25) is 4.90 Å². The van der Waals surface area contributed by atoms with Gasteiger partial charge in [-0.05, 0) is 30.9 Å². The van der Waals surface area contributed by atoms with Crippen molar-refractivity contribution >= 4 is 0 Å². The largest absolute Gasteiger partial charge is 0.451 e. The molecule has 2 aliphatic carbocycles. The van der Waals surface area contributed by atoms with E-state index in [1.807, 2.05) is 0 Å². The van der Waals surface area contributed by atoms with E-state index in [1.54, 1.807) is 0 Å². The van der Waals surface area contributed by atoms with Crippen LogP contribution in [-0.2, 0) is 19.3 Å². The second-order valence-corrected chi connectivity index (χ2v) is 7.57. The van der Waals surface area contributed by atoms with Gasteiger partial charge in [-0.25, -0.2) is 0 Å². The van der Waals surface area contributed by atoms with Gasteiger partial charge in [-0.1, -0.05) is 18.2 Å². The molecular weight excluding hydrogens is 331 g/mol. The number of hydrogen-bond donors (Lipinski definition) is 1. The SMILES string of the molecule is FC(F)(F)c1nnc2n1CCN(C1C=CC(C34CNCC3C4)=CC1)C2. The van der Waals surface area contributed by atoms with E-state index in [0.717, 1.165) is 25.4 Å². The van der Waals surface area contributed by atoms with Crippen molar-refractivity contribution in [1.82, 2.24) is 25.0 Å². The first-order chi connectivity index (χ1) is 12.0. The van der Waals surface area contributed by atoms with Crippen molar-refractivity contribution in [2.45, 2.75) is 38.1 Å². The van der Waals surface area contributed by atoms with Crippen LogP contribution < -0.4 is 5.32 Å². The van der Waals surface area contributed by atoms with Crippen molar-refractivity contribution in [3.8, 4) is 0 Å². The maximum atomic E-state index is 12.9. The quantitative estimate of drug-likeness (QED) is 0.885. The van der Waals surface area contributed by atoms with Gasteiger partial charge in [0.15, 0.2) is 0 Å². The third kappa shape index (κ3) is 2.38. The van der Waals surface area contributed by atoms with Gasteiger partial charge in [0, 0.05) is 31.1 Å². The number of halogens is 3. The third-order valence-corrected chi connectivity index (χ3v) is 6.22. The Morgan fingerprint density at radius 3 is 2.76 bits per heavy atom. The minimum absolute atomic E-state index is 0.228. The number of nitrogens with zero attached hydrogens (tertiary/aromatic N) is 4. The predicted octanol–water partition coefficient (Wildman–Crippen LogP) is 1.98. The maximum absolute atomic E-state index is 12.9. The molecule has 25 heavy (non-hydrogen) atoms. The van der Waals surface area contributed by atoms with E-state index >= 15 is 0 Å². The molecule has 1 aromatic rings. The molecule has 2 aliphatic heterocycles. The Bertz CT molecular complexity index is 765. The molecule has 4 aliphatic rings. The summed E-state index contributed by atoms with van der Waals surface area (Å²) in [5.74, 6) is 0.313. The van der Waals surface area contributed by atoms with Gasteiger partial charge < -0.3 is 9.88 Å². The molecule has 1 saturated heterocycles. The van der Waals surface area contributed by atoms with Crippen LogP contribution in [0.2, 0.25) is 0 Å². The highest BCUT2D eigenvalue weighted by atomic mass is 19.4. The van der Waals surface area contributed by atoms with Crippen molar-refractivity contribution in [2.75, 3.05) is 19.6 Å². The van der Waals surface area contributed by atoms with Crippen molar-refractivity contribution in [3.63, 3.8) is 0 Å². The zero-order chi connectivity index (χ0) is 17.2. The highest BCUT2D eigenvalue weighted by Crippen LogP contribution is 2.60. The predicted molar refractivity (Wildman–Crippen MR) is 84.5 cm³/mol. The minimum atomic E-state index is -4.44. The number of rotatable bonds is 2. The number of nitrogens with one attached hydrogen (secondary N) is 1. The van der Waals surface area contributed by atoms with Gasteiger partial charge in [0.2, 0.25) is 5.82 Å². The molecule has 1 aromatic heterocycles. The summed E-state index contributed by atoms with van der Waals surface area (Å²) in [6.07, 6.45) is 4.55. The van der Waals surface area contributed by atoms with E-state index in [1.165, 1.54) is 16.6 Å². The number of fused-ring (bicyclic) bond motifs is 2. The average molecular weight is 351 g/mol. The van der Waals surface area contributed by atoms with Gasteiger partial charge in [0.1, 0.15) is 5.82 Å². The smallest absolute Gasteiger partial charge is 0.316 e. The molecule has 0 spiro atoms. The van der Waals surface area contributed by atoms with Gasteiger partial charge in [-0.15, -0.1) is 10.2 Å². The first kappa shape index (κ1) is 15.6. The van der Waals surface area contributed by atoms with E-state index in [0.29, 0.717) is 24.3 Å². The minimum Gasteiger partial charge on any atom is -0.316 e. The zero-order valence-electron chi connectivity index (χ0n) is 13.8. The van der Waals surface area contributed by atoms with Crippen LogP contribution in [0, 0.1) is 11.3 Å². The Labute approximate surface area is 143 Å². The lowest BCUT2D eigenvalue weighted by Gasteiger charge is -2.34. The van der Waals surface area contributed by atoms with Gasteiger partial charge >= 0.3 is 6.18 Å². The molecule has 5 nitrogen and oxygen atoms in total. The van der Waals surface area contributed by atoms with Gasteiger partial charge in [-0.2, -0.15) is 13.2 Å². The fourth-order valence-electron chi connectivity index (χ4n) is 4.71.